The Kier molecular flexibility index (Phi) is 7.04. The standard InChI is InChI=1S/C23H29FN2O2/c1-17(27)26-14-12-22(20(16-26)15-18-7-9-21(24)10-8-18)25-13-11-19-5-3-4-6-23(19)28-2/h3-10,20,22,25H,11-16H2,1-2H3/t20-,22+/m1/s1. The van der Waals surface area contributed by atoms with Gasteiger partial charge in [-0.3, -0.25) is 4.79 Å². The summed E-state index contributed by atoms with van der Waals surface area (Å²) < 4.78 is 18.7. The first-order chi connectivity index (χ1) is 13.6. The largest absolute Gasteiger partial charge is 0.496 e. The van der Waals surface area contributed by atoms with Gasteiger partial charge in [-0.15, -0.1) is 0 Å². The van der Waals surface area contributed by atoms with Crippen LogP contribution in [-0.2, 0) is 17.6 Å². The molecule has 0 radical (unpaired) electrons. The highest BCUT2D eigenvalue weighted by Crippen LogP contribution is 2.23. The second-order valence-electron chi connectivity index (χ2n) is 7.47. The quantitative estimate of drug-likeness (QED) is 0.795. The topological polar surface area (TPSA) is 41.6 Å². The third-order valence-electron chi connectivity index (χ3n) is 5.58. The SMILES string of the molecule is COc1ccccc1CCN[C@H]1CCN(C(C)=O)C[C@H]1Cc1ccc(F)cc1. The number of hydrogen-bond acceptors (Lipinski definition) is 3. The molecular weight excluding hydrogens is 355 g/mol. The fraction of sp³-hybridized carbons (Fsp3) is 0.435. The first-order valence-corrected chi connectivity index (χ1v) is 9.92. The van der Waals surface area contributed by atoms with Gasteiger partial charge in [-0.2, -0.15) is 0 Å². The molecule has 1 heterocycles. The van der Waals surface area contributed by atoms with Crippen molar-refractivity contribution in [1.82, 2.24) is 10.2 Å². The molecule has 1 fully saturated rings. The van der Waals surface area contributed by atoms with Crippen LogP contribution in [0.1, 0.15) is 24.5 Å². The van der Waals surface area contributed by atoms with Gasteiger partial charge >= 0.3 is 0 Å². The van der Waals surface area contributed by atoms with Crippen molar-refractivity contribution in [1.29, 1.82) is 0 Å². The highest BCUT2D eigenvalue weighted by Gasteiger charge is 2.30. The Morgan fingerprint density at radius 3 is 2.68 bits per heavy atom. The number of nitrogens with zero attached hydrogens (tertiary/aromatic N) is 1. The van der Waals surface area contributed by atoms with E-state index in [0.717, 1.165) is 50.2 Å². The molecule has 2 aromatic carbocycles. The molecule has 0 bridgehead atoms. The lowest BCUT2D eigenvalue weighted by Gasteiger charge is -2.39. The lowest BCUT2D eigenvalue weighted by atomic mass is 9.86. The van der Waals surface area contributed by atoms with Crippen LogP contribution in [0.2, 0.25) is 0 Å². The van der Waals surface area contributed by atoms with E-state index in [1.165, 1.54) is 17.7 Å². The number of nitrogens with one attached hydrogen (secondary N) is 1. The van der Waals surface area contributed by atoms with Crippen LogP contribution in [0.15, 0.2) is 48.5 Å². The molecule has 150 valence electrons. The molecule has 0 aliphatic carbocycles. The smallest absolute Gasteiger partial charge is 0.219 e. The highest BCUT2D eigenvalue weighted by molar-refractivity contribution is 5.73. The predicted octanol–water partition coefficient (Wildman–Crippen LogP) is 3.45. The third kappa shape index (κ3) is 5.32. The van der Waals surface area contributed by atoms with Crippen molar-refractivity contribution in [3.05, 3.63) is 65.5 Å². The minimum Gasteiger partial charge on any atom is -0.496 e. The molecule has 0 saturated carbocycles. The number of ether oxygens (including phenoxy) is 1. The number of rotatable bonds is 7. The maximum atomic E-state index is 13.2. The van der Waals surface area contributed by atoms with E-state index >= 15 is 0 Å². The molecule has 1 aliphatic rings. The third-order valence-corrected chi connectivity index (χ3v) is 5.58. The number of piperidine rings is 1. The van der Waals surface area contributed by atoms with Gasteiger partial charge in [0.25, 0.3) is 0 Å². The van der Waals surface area contributed by atoms with Crippen LogP contribution in [0.4, 0.5) is 4.39 Å². The number of hydrogen-bond donors (Lipinski definition) is 1. The van der Waals surface area contributed by atoms with Crippen LogP contribution in [0, 0.1) is 11.7 Å². The summed E-state index contributed by atoms with van der Waals surface area (Å²) in [5.41, 5.74) is 2.29. The Balaban J connectivity index is 1.63. The maximum Gasteiger partial charge on any atom is 0.219 e. The summed E-state index contributed by atoms with van der Waals surface area (Å²) in [6.07, 6.45) is 2.65. The molecule has 5 heteroatoms. The van der Waals surface area contributed by atoms with E-state index in [0.29, 0.717) is 12.0 Å². The minimum atomic E-state index is -0.218. The van der Waals surface area contributed by atoms with Crippen molar-refractivity contribution in [2.24, 2.45) is 5.92 Å². The molecular formula is C23H29FN2O2. The van der Waals surface area contributed by atoms with Crippen LogP contribution in [0.5, 0.6) is 5.75 Å². The van der Waals surface area contributed by atoms with Crippen molar-refractivity contribution in [3.63, 3.8) is 0 Å². The van der Waals surface area contributed by atoms with E-state index in [9.17, 15) is 9.18 Å². The Morgan fingerprint density at radius 1 is 1.21 bits per heavy atom. The van der Waals surface area contributed by atoms with Gasteiger partial charge in [0.2, 0.25) is 5.91 Å². The summed E-state index contributed by atoms with van der Waals surface area (Å²) in [6.45, 7) is 4.00. The molecule has 1 saturated heterocycles. The average Bonchev–Trinajstić information content (AvgIpc) is 2.71. The summed E-state index contributed by atoms with van der Waals surface area (Å²) in [7, 11) is 1.70. The first-order valence-electron chi connectivity index (χ1n) is 9.92. The number of benzene rings is 2. The fourth-order valence-electron chi connectivity index (χ4n) is 4.02. The zero-order valence-corrected chi connectivity index (χ0v) is 16.7. The molecule has 1 amide bonds. The molecule has 0 aromatic heterocycles. The Hall–Kier alpha value is -2.40. The van der Waals surface area contributed by atoms with Crippen LogP contribution >= 0.6 is 0 Å². The number of amides is 1. The summed E-state index contributed by atoms with van der Waals surface area (Å²) in [5, 5.41) is 3.69. The van der Waals surface area contributed by atoms with Gasteiger partial charge in [-0.25, -0.2) is 4.39 Å². The van der Waals surface area contributed by atoms with Crippen molar-refractivity contribution in [3.8, 4) is 5.75 Å². The predicted molar refractivity (Wildman–Crippen MR) is 109 cm³/mol. The monoisotopic (exact) mass is 384 g/mol. The molecule has 0 unspecified atom stereocenters. The normalized spacial score (nSPS) is 19.5. The number of halogens is 1. The van der Waals surface area contributed by atoms with Gasteiger partial charge in [0.05, 0.1) is 7.11 Å². The van der Waals surface area contributed by atoms with Crippen molar-refractivity contribution >= 4 is 5.91 Å². The molecule has 2 atom stereocenters. The average molecular weight is 384 g/mol. The molecule has 1 aliphatic heterocycles. The van der Waals surface area contributed by atoms with Gasteiger partial charge in [0.1, 0.15) is 11.6 Å². The van der Waals surface area contributed by atoms with E-state index < -0.39 is 0 Å². The number of carbonyl (C=O) groups is 1. The zero-order chi connectivity index (χ0) is 19.9. The molecule has 1 N–H and O–H groups in total. The van der Waals surface area contributed by atoms with Crippen LogP contribution < -0.4 is 10.1 Å². The molecule has 4 nitrogen and oxygen atoms in total. The zero-order valence-electron chi connectivity index (χ0n) is 16.7. The summed E-state index contributed by atoms with van der Waals surface area (Å²) >= 11 is 0. The first kappa shape index (κ1) is 20.3. The number of methoxy groups -OCH3 is 1. The van der Waals surface area contributed by atoms with Gasteiger partial charge in [0, 0.05) is 26.1 Å². The molecule has 0 spiro atoms. The number of para-hydroxylation sites is 1. The van der Waals surface area contributed by atoms with Gasteiger partial charge < -0.3 is 15.0 Å². The lowest BCUT2D eigenvalue weighted by Crippen LogP contribution is -2.51. The van der Waals surface area contributed by atoms with E-state index in [1.807, 2.05) is 35.2 Å². The lowest BCUT2D eigenvalue weighted by molar-refractivity contribution is -0.131. The van der Waals surface area contributed by atoms with E-state index in [1.54, 1.807) is 14.0 Å². The second-order valence-corrected chi connectivity index (χ2v) is 7.47. The Morgan fingerprint density at radius 2 is 1.96 bits per heavy atom. The van der Waals surface area contributed by atoms with Crippen LogP contribution in [0.25, 0.3) is 0 Å². The van der Waals surface area contributed by atoms with Crippen molar-refractivity contribution in [2.45, 2.75) is 32.2 Å². The maximum absolute atomic E-state index is 13.2. The van der Waals surface area contributed by atoms with Crippen molar-refractivity contribution in [2.75, 3.05) is 26.7 Å². The van der Waals surface area contributed by atoms with E-state index in [-0.39, 0.29) is 11.7 Å². The van der Waals surface area contributed by atoms with E-state index in [2.05, 4.69) is 11.4 Å². The fourth-order valence-corrected chi connectivity index (χ4v) is 4.02. The summed E-state index contributed by atoms with van der Waals surface area (Å²) in [5.74, 6) is 1.13. The Bertz CT molecular complexity index is 778. The second kappa shape index (κ2) is 9.69. The van der Waals surface area contributed by atoms with Gasteiger partial charge in [-0.05, 0) is 61.1 Å². The van der Waals surface area contributed by atoms with Gasteiger partial charge in [0.15, 0.2) is 0 Å². The van der Waals surface area contributed by atoms with Gasteiger partial charge in [-0.1, -0.05) is 30.3 Å². The highest BCUT2D eigenvalue weighted by atomic mass is 19.1. The summed E-state index contributed by atoms with van der Waals surface area (Å²) in [4.78, 5) is 13.8. The minimum absolute atomic E-state index is 0.122. The molecule has 2 aromatic rings. The van der Waals surface area contributed by atoms with E-state index in [4.69, 9.17) is 4.74 Å². The number of carbonyl (C=O) groups excluding carboxylic acids is 1. The Labute approximate surface area is 166 Å². The van der Waals surface area contributed by atoms with Crippen LogP contribution in [-0.4, -0.2) is 43.6 Å². The van der Waals surface area contributed by atoms with Crippen LogP contribution in [0.3, 0.4) is 0 Å². The summed E-state index contributed by atoms with van der Waals surface area (Å²) in [6, 6.07) is 15.1. The molecule has 28 heavy (non-hydrogen) atoms. The van der Waals surface area contributed by atoms with Crippen molar-refractivity contribution < 1.29 is 13.9 Å². The molecule has 3 rings (SSSR count). The number of likely N-dealkylation sites (tertiary alicyclic amines) is 1.